The van der Waals surface area contributed by atoms with Crippen molar-refractivity contribution in [2.24, 2.45) is 12.0 Å². The minimum absolute atomic E-state index is 0.123. The summed E-state index contributed by atoms with van der Waals surface area (Å²) in [6.45, 7) is 7.49. The van der Waals surface area contributed by atoms with E-state index in [1.165, 1.54) is 5.56 Å². The molecule has 7 heteroatoms. The number of aryl methyl sites for hydroxylation is 1. The van der Waals surface area contributed by atoms with Gasteiger partial charge in [0, 0.05) is 39.3 Å². The highest BCUT2D eigenvalue weighted by Crippen LogP contribution is 2.26. The maximum absolute atomic E-state index is 11.8. The number of ether oxygens (including phenoxy) is 1. The minimum atomic E-state index is -0.471. The number of carbonyl (C=O) groups is 1. The SMILES string of the molecule is CN=C(NCC(=O)OC(C)(C)C)N1CCC(c2cnn(C)c2)C1. The lowest BCUT2D eigenvalue weighted by atomic mass is 10.0. The van der Waals surface area contributed by atoms with E-state index >= 15 is 0 Å². The summed E-state index contributed by atoms with van der Waals surface area (Å²) in [6, 6.07) is 0. The van der Waals surface area contributed by atoms with Gasteiger partial charge in [-0.15, -0.1) is 0 Å². The number of nitrogens with zero attached hydrogens (tertiary/aromatic N) is 4. The summed E-state index contributed by atoms with van der Waals surface area (Å²) in [6.07, 6.45) is 5.04. The van der Waals surface area contributed by atoms with E-state index in [4.69, 9.17) is 4.74 Å². The van der Waals surface area contributed by atoms with Gasteiger partial charge in [-0.3, -0.25) is 14.5 Å². The van der Waals surface area contributed by atoms with Gasteiger partial charge in [0.2, 0.25) is 0 Å². The third-order valence-corrected chi connectivity index (χ3v) is 3.71. The predicted octanol–water partition coefficient (Wildman–Crippen LogP) is 1.13. The average molecular weight is 321 g/mol. The first kappa shape index (κ1) is 17.3. The highest BCUT2D eigenvalue weighted by molar-refractivity contribution is 5.84. The number of rotatable bonds is 3. The van der Waals surface area contributed by atoms with E-state index in [2.05, 4.69) is 26.5 Å². The van der Waals surface area contributed by atoms with Gasteiger partial charge in [-0.05, 0) is 32.8 Å². The molecule has 1 aliphatic rings. The molecule has 1 aromatic rings. The van der Waals surface area contributed by atoms with Gasteiger partial charge < -0.3 is 15.0 Å². The fourth-order valence-corrected chi connectivity index (χ4v) is 2.74. The summed E-state index contributed by atoms with van der Waals surface area (Å²) in [5, 5.41) is 7.33. The van der Waals surface area contributed by atoms with E-state index in [0.717, 1.165) is 25.5 Å². The Hall–Kier alpha value is -2.05. The molecule has 1 fully saturated rings. The summed E-state index contributed by atoms with van der Waals surface area (Å²) < 4.78 is 7.13. The summed E-state index contributed by atoms with van der Waals surface area (Å²) in [7, 11) is 3.66. The highest BCUT2D eigenvalue weighted by atomic mass is 16.6. The second-order valence-electron chi connectivity index (χ2n) is 6.87. The Bertz CT molecular complexity index is 573. The number of hydrogen-bond acceptors (Lipinski definition) is 4. The number of likely N-dealkylation sites (tertiary alicyclic amines) is 1. The third-order valence-electron chi connectivity index (χ3n) is 3.71. The van der Waals surface area contributed by atoms with Gasteiger partial charge in [0.1, 0.15) is 12.1 Å². The first-order valence-corrected chi connectivity index (χ1v) is 7.94. The molecule has 1 N–H and O–H groups in total. The van der Waals surface area contributed by atoms with Crippen molar-refractivity contribution in [3.63, 3.8) is 0 Å². The number of aromatic nitrogens is 2. The number of nitrogens with one attached hydrogen (secondary N) is 1. The van der Waals surface area contributed by atoms with Gasteiger partial charge in [0.15, 0.2) is 5.96 Å². The molecule has 0 amide bonds. The molecule has 0 saturated carbocycles. The molecule has 0 aromatic carbocycles. The van der Waals surface area contributed by atoms with E-state index in [0.29, 0.717) is 5.92 Å². The largest absolute Gasteiger partial charge is 0.459 e. The Balaban J connectivity index is 1.86. The molecular weight excluding hydrogens is 294 g/mol. The average Bonchev–Trinajstić information content (AvgIpc) is 3.06. The maximum Gasteiger partial charge on any atom is 0.325 e. The van der Waals surface area contributed by atoms with Crippen LogP contribution in [0.1, 0.15) is 38.7 Å². The zero-order valence-electron chi connectivity index (χ0n) is 14.7. The quantitative estimate of drug-likeness (QED) is 0.513. The molecule has 0 spiro atoms. The zero-order valence-corrected chi connectivity index (χ0v) is 14.7. The van der Waals surface area contributed by atoms with Crippen LogP contribution in [-0.4, -0.2) is 58.9 Å². The second kappa shape index (κ2) is 7.02. The molecule has 1 saturated heterocycles. The molecule has 7 nitrogen and oxygen atoms in total. The molecule has 1 aromatic heterocycles. The standard InChI is InChI=1S/C16H27N5O2/c1-16(2,3)23-14(22)9-18-15(17-4)21-7-6-12(11-21)13-8-19-20(5)10-13/h8,10,12H,6-7,9,11H2,1-5H3,(H,17,18). The fourth-order valence-electron chi connectivity index (χ4n) is 2.74. The van der Waals surface area contributed by atoms with Crippen LogP contribution in [0.25, 0.3) is 0 Å². The van der Waals surface area contributed by atoms with Crippen molar-refractivity contribution in [3.05, 3.63) is 18.0 Å². The normalized spacial score (nSPS) is 19.1. The molecule has 128 valence electrons. The van der Waals surface area contributed by atoms with Crippen molar-refractivity contribution < 1.29 is 9.53 Å². The van der Waals surface area contributed by atoms with Crippen molar-refractivity contribution in [1.82, 2.24) is 20.0 Å². The molecule has 0 bridgehead atoms. The van der Waals surface area contributed by atoms with Crippen LogP contribution in [-0.2, 0) is 16.6 Å². The Morgan fingerprint density at radius 1 is 1.52 bits per heavy atom. The Labute approximate surface area is 137 Å². The molecule has 1 atom stereocenters. The Morgan fingerprint density at radius 2 is 2.26 bits per heavy atom. The lowest BCUT2D eigenvalue weighted by molar-refractivity contribution is -0.153. The van der Waals surface area contributed by atoms with Gasteiger partial charge in [0.05, 0.1) is 6.20 Å². The monoisotopic (exact) mass is 321 g/mol. The fraction of sp³-hybridized carbons (Fsp3) is 0.688. The number of hydrogen-bond donors (Lipinski definition) is 1. The van der Waals surface area contributed by atoms with E-state index < -0.39 is 5.60 Å². The van der Waals surface area contributed by atoms with Gasteiger partial charge in [-0.1, -0.05) is 0 Å². The van der Waals surface area contributed by atoms with Gasteiger partial charge in [-0.25, -0.2) is 0 Å². The molecule has 1 aliphatic heterocycles. The number of guanidine groups is 1. The van der Waals surface area contributed by atoms with Crippen LogP contribution in [0.15, 0.2) is 17.4 Å². The summed E-state index contributed by atoms with van der Waals surface area (Å²) >= 11 is 0. The van der Waals surface area contributed by atoms with Crippen LogP contribution in [0.3, 0.4) is 0 Å². The van der Waals surface area contributed by atoms with Crippen molar-refractivity contribution in [1.29, 1.82) is 0 Å². The molecule has 2 heterocycles. The molecule has 23 heavy (non-hydrogen) atoms. The molecule has 1 unspecified atom stereocenters. The Kier molecular flexibility index (Phi) is 5.28. The smallest absolute Gasteiger partial charge is 0.325 e. The number of aliphatic imine (C=N–C) groups is 1. The number of esters is 1. The maximum atomic E-state index is 11.8. The molecule has 0 aliphatic carbocycles. The van der Waals surface area contributed by atoms with Gasteiger partial charge in [-0.2, -0.15) is 5.10 Å². The highest BCUT2D eigenvalue weighted by Gasteiger charge is 2.27. The predicted molar refractivity (Wildman–Crippen MR) is 89.3 cm³/mol. The summed E-state index contributed by atoms with van der Waals surface area (Å²) in [4.78, 5) is 18.3. The van der Waals surface area contributed by atoms with Crippen LogP contribution >= 0.6 is 0 Å². The van der Waals surface area contributed by atoms with E-state index in [1.54, 1.807) is 7.05 Å². The first-order valence-electron chi connectivity index (χ1n) is 7.94. The van der Waals surface area contributed by atoms with E-state index in [1.807, 2.05) is 38.7 Å². The van der Waals surface area contributed by atoms with Crippen molar-refractivity contribution in [2.75, 3.05) is 26.7 Å². The minimum Gasteiger partial charge on any atom is -0.459 e. The van der Waals surface area contributed by atoms with E-state index in [-0.39, 0.29) is 12.5 Å². The summed E-state index contributed by atoms with van der Waals surface area (Å²) in [5.74, 6) is 0.910. The van der Waals surface area contributed by atoms with Crippen LogP contribution in [0.2, 0.25) is 0 Å². The van der Waals surface area contributed by atoms with Crippen molar-refractivity contribution in [2.45, 2.75) is 38.7 Å². The lowest BCUT2D eigenvalue weighted by Crippen LogP contribution is -2.43. The topological polar surface area (TPSA) is 71.8 Å². The lowest BCUT2D eigenvalue weighted by Gasteiger charge is -2.23. The first-order chi connectivity index (χ1) is 10.8. The zero-order chi connectivity index (χ0) is 17.0. The molecular formula is C16H27N5O2. The van der Waals surface area contributed by atoms with E-state index in [9.17, 15) is 4.79 Å². The molecule has 0 radical (unpaired) electrons. The van der Waals surface area contributed by atoms with Crippen LogP contribution < -0.4 is 5.32 Å². The Morgan fingerprint density at radius 3 is 2.83 bits per heavy atom. The van der Waals surface area contributed by atoms with Crippen molar-refractivity contribution >= 4 is 11.9 Å². The third kappa shape index (κ3) is 4.97. The van der Waals surface area contributed by atoms with Crippen molar-refractivity contribution in [3.8, 4) is 0 Å². The number of carbonyl (C=O) groups excluding carboxylic acids is 1. The van der Waals surface area contributed by atoms with Gasteiger partial charge >= 0.3 is 5.97 Å². The van der Waals surface area contributed by atoms with Crippen LogP contribution in [0.4, 0.5) is 0 Å². The van der Waals surface area contributed by atoms with Crippen LogP contribution in [0.5, 0.6) is 0 Å². The van der Waals surface area contributed by atoms with Gasteiger partial charge in [0.25, 0.3) is 0 Å². The second-order valence-corrected chi connectivity index (χ2v) is 6.87. The summed E-state index contributed by atoms with van der Waals surface area (Å²) in [5.41, 5.74) is 0.777. The molecule has 2 rings (SSSR count). The van der Waals surface area contributed by atoms with Crippen LogP contribution in [0, 0.1) is 0 Å².